The maximum absolute atomic E-state index is 6.92. The summed E-state index contributed by atoms with van der Waals surface area (Å²) in [4.78, 5) is 0. The third kappa shape index (κ3) is 7.59. The van der Waals surface area contributed by atoms with Gasteiger partial charge in [0.1, 0.15) is 0 Å². The van der Waals surface area contributed by atoms with Gasteiger partial charge in [-0.2, -0.15) is 0 Å². The highest BCUT2D eigenvalue weighted by Gasteiger charge is 2.40. The van der Waals surface area contributed by atoms with Crippen molar-refractivity contribution in [2.24, 2.45) is 23.7 Å². The molecule has 182 valence electrons. The molecule has 0 spiro atoms. The molecule has 2 rings (SSSR count). The van der Waals surface area contributed by atoms with Crippen molar-refractivity contribution in [3.8, 4) is 0 Å². The van der Waals surface area contributed by atoms with E-state index < -0.39 is 8.32 Å². The van der Waals surface area contributed by atoms with E-state index in [9.17, 15) is 0 Å². The lowest BCUT2D eigenvalue weighted by Gasteiger charge is -2.39. The minimum Gasteiger partial charge on any atom is -0.411 e. The van der Waals surface area contributed by atoms with Gasteiger partial charge in [0, 0.05) is 0 Å². The first-order valence-corrected chi connectivity index (χ1v) is 16.3. The van der Waals surface area contributed by atoms with Crippen LogP contribution >= 0.6 is 0 Å². The Labute approximate surface area is 201 Å². The quantitative estimate of drug-likeness (QED) is 0.183. The Hall–Kier alpha value is -0.863. The van der Waals surface area contributed by atoms with Crippen LogP contribution < -0.4 is 0 Å². The van der Waals surface area contributed by atoms with E-state index >= 15 is 0 Å². The Morgan fingerprint density at radius 1 is 1.16 bits per heavy atom. The van der Waals surface area contributed by atoms with Gasteiger partial charge in [-0.15, -0.1) is 0 Å². The van der Waals surface area contributed by atoms with E-state index in [1.54, 1.807) is 0 Å². The zero-order chi connectivity index (χ0) is 23.9. The number of hydrogen-bond acceptors (Lipinski definition) is 1. The summed E-state index contributed by atoms with van der Waals surface area (Å²) in [5, 5.41) is 0.255. The molecule has 0 aromatic heterocycles. The SMILES string of the molecule is CCCCC[C@@H](/C=C/[C@@H]1[C@@H](Cc2cccc(C)c2)[C@@H](CC)C[C@H]1C)O[Si](C)(C)C(C)(C)C. The van der Waals surface area contributed by atoms with Crippen LogP contribution in [0.1, 0.15) is 91.2 Å². The first-order chi connectivity index (χ1) is 15.0. The molecule has 5 atom stereocenters. The van der Waals surface area contributed by atoms with Gasteiger partial charge in [0.05, 0.1) is 6.10 Å². The molecule has 1 aliphatic rings. The molecule has 1 aromatic rings. The van der Waals surface area contributed by atoms with Gasteiger partial charge in [-0.05, 0) is 73.6 Å². The third-order valence-electron chi connectivity index (χ3n) is 8.40. The number of allylic oxidation sites excluding steroid dienone is 1. The number of aryl methyl sites for hydroxylation is 1. The van der Waals surface area contributed by atoms with Crippen molar-refractivity contribution >= 4 is 8.32 Å². The van der Waals surface area contributed by atoms with Crippen molar-refractivity contribution in [1.82, 2.24) is 0 Å². The molecule has 0 saturated heterocycles. The van der Waals surface area contributed by atoms with Gasteiger partial charge in [-0.25, -0.2) is 0 Å². The molecule has 0 bridgehead atoms. The monoisotopic (exact) mass is 456 g/mol. The zero-order valence-corrected chi connectivity index (χ0v) is 23.7. The van der Waals surface area contributed by atoms with Crippen LogP contribution in [0.4, 0.5) is 0 Å². The van der Waals surface area contributed by atoms with E-state index in [-0.39, 0.29) is 11.1 Å². The molecular formula is C30H52OSi. The Bertz CT molecular complexity index is 714. The fourth-order valence-electron chi connectivity index (χ4n) is 5.36. The zero-order valence-electron chi connectivity index (χ0n) is 22.7. The van der Waals surface area contributed by atoms with E-state index in [1.807, 2.05) is 0 Å². The molecule has 32 heavy (non-hydrogen) atoms. The third-order valence-corrected chi connectivity index (χ3v) is 12.9. The highest BCUT2D eigenvalue weighted by molar-refractivity contribution is 6.74. The lowest BCUT2D eigenvalue weighted by atomic mass is 9.81. The Kier molecular flexibility index (Phi) is 10.3. The molecular weight excluding hydrogens is 404 g/mol. The van der Waals surface area contributed by atoms with Crippen LogP contribution in [0.15, 0.2) is 36.4 Å². The number of rotatable bonds is 11. The molecule has 1 aromatic carbocycles. The number of benzene rings is 1. The van der Waals surface area contributed by atoms with Crippen molar-refractivity contribution in [3.05, 3.63) is 47.5 Å². The van der Waals surface area contributed by atoms with E-state index in [2.05, 4.69) is 98.0 Å². The molecule has 1 fully saturated rings. The molecule has 0 unspecified atom stereocenters. The lowest BCUT2D eigenvalue weighted by Crippen LogP contribution is -2.43. The molecule has 0 aliphatic heterocycles. The predicted molar refractivity (Wildman–Crippen MR) is 145 cm³/mol. The Morgan fingerprint density at radius 2 is 1.88 bits per heavy atom. The first-order valence-electron chi connectivity index (χ1n) is 13.4. The average Bonchev–Trinajstić information content (AvgIpc) is 2.99. The van der Waals surface area contributed by atoms with Crippen molar-refractivity contribution < 1.29 is 4.43 Å². The van der Waals surface area contributed by atoms with Gasteiger partial charge >= 0.3 is 0 Å². The van der Waals surface area contributed by atoms with Crippen LogP contribution in [0.3, 0.4) is 0 Å². The van der Waals surface area contributed by atoms with Gasteiger partial charge in [0.15, 0.2) is 8.32 Å². The maximum Gasteiger partial charge on any atom is 0.192 e. The van der Waals surface area contributed by atoms with E-state index in [4.69, 9.17) is 4.43 Å². The largest absolute Gasteiger partial charge is 0.411 e. The van der Waals surface area contributed by atoms with Crippen LogP contribution in [0.2, 0.25) is 18.1 Å². The molecule has 0 radical (unpaired) electrons. The summed E-state index contributed by atoms with van der Waals surface area (Å²) >= 11 is 0. The number of unbranched alkanes of at least 4 members (excludes halogenated alkanes) is 2. The molecule has 1 nitrogen and oxygen atoms in total. The van der Waals surface area contributed by atoms with Crippen molar-refractivity contribution in [1.29, 1.82) is 0 Å². The number of hydrogen-bond donors (Lipinski definition) is 0. The van der Waals surface area contributed by atoms with E-state index in [1.165, 1.54) is 49.7 Å². The minimum atomic E-state index is -1.78. The van der Waals surface area contributed by atoms with Gasteiger partial charge in [0.2, 0.25) is 0 Å². The standard InChI is InChI=1S/C30H52OSi/c1-10-12-13-17-27(31-32(8,9)30(5,6)7)18-19-28-24(4)21-26(11-2)29(28)22-25-16-14-15-23(3)20-25/h14-16,18-20,24,26-29H,10-13,17,21-22H2,1-9H3/b19-18+/t24-,26+,27+,28+,29+/m1/s1. The normalized spacial score (nSPS) is 25.5. The fourth-order valence-corrected chi connectivity index (χ4v) is 6.67. The molecule has 1 aliphatic carbocycles. The summed E-state index contributed by atoms with van der Waals surface area (Å²) in [5.41, 5.74) is 2.89. The van der Waals surface area contributed by atoms with Crippen LogP contribution in [0.5, 0.6) is 0 Å². The van der Waals surface area contributed by atoms with E-state index in [0.29, 0.717) is 5.92 Å². The van der Waals surface area contributed by atoms with Crippen LogP contribution in [0.25, 0.3) is 0 Å². The summed E-state index contributed by atoms with van der Waals surface area (Å²) < 4.78 is 6.92. The van der Waals surface area contributed by atoms with Gasteiger partial charge in [-0.1, -0.05) is 109 Å². The summed E-state index contributed by atoms with van der Waals surface area (Å²) in [6.07, 6.45) is 14.2. The molecule has 2 heteroatoms. The predicted octanol–water partition coefficient (Wildman–Crippen LogP) is 9.36. The second-order valence-electron chi connectivity index (χ2n) is 12.1. The second kappa shape index (κ2) is 12.0. The summed E-state index contributed by atoms with van der Waals surface area (Å²) in [6.45, 7) is 21.3. The van der Waals surface area contributed by atoms with Gasteiger partial charge < -0.3 is 4.43 Å². The first kappa shape index (κ1) is 27.4. The van der Waals surface area contributed by atoms with Crippen molar-refractivity contribution in [2.75, 3.05) is 0 Å². The van der Waals surface area contributed by atoms with Crippen molar-refractivity contribution in [3.63, 3.8) is 0 Å². The highest BCUT2D eigenvalue weighted by Crippen LogP contribution is 2.46. The molecule has 0 heterocycles. The van der Waals surface area contributed by atoms with Crippen LogP contribution in [0, 0.1) is 30.6 Å². The topological polar surface area (TPSA) is 9.23 Å². The van der Waals surface area contributed by atoms with Gasteiger partial charge in [-0.3, -0.25) is 0 Å². The smallest absolute Gasteiger partial charge is 0.192 e. The Balaban J connectivity index is 2.21. The lowest BCUT2D eigenvalue weighted by molar-refractivity contribution is 0.209. The highest BCUT2D eigenvalue weighted by atomic mass is 28.4. The minimum absolute atomic E-state index is 0.255. The molecule has 0 amide bonds. The maximum atomic E-state index is 6.92. The van der Waals surface area contributed by atoms with Crippen LogP contribution in [-0.4, -0.2) is 14.4 Å². The summed E-state index contributed by atoms with van der Waals surface area (Å²) in [7, 11) is -1.78. The van der Waals surface area contributed by atoms with Gasteiger partial charge in [0.25, 0.3) is 0 Å². The Morgan fingerprint density at radius 3 is 2.47 bits per heavy atom. The van der Waals surface area contributed by atoms with Crippen molar-refractivity contribution in [2.45, 2.75) is 118 Å². The second-order valence-corrected chi connectivity index (χ2v) is 16.9. The fraction of sp³-hybridized carbons (Fsp3) is 0.733. The summed E-state index contributed by atoms with van der Waals surface area (Å²) in [6, 6.07) is 9.17. The summed E-state index contributed by atoms with van der Waals surface area (Å²) in [5.74, 6) is 3.00. The van der Waals surface area contributed by atoms with E-state index in [0.717, 1.165) is 24.2 Å². The average molecular weight is 457 g/mol. The van der Waals surface area contributed by atoms with Crippen LogP contribution in [-0.2, 0) is 10.8 Å². The molecule has 1 saturated carbocycles. The molecule has 0 N–H and O–H groups in total.